The van der Waals surface area contributed by atoms with Gasteiger partial charge < -0.3 is 9.84 Å². The lowest BCUT2D eigenvalue weighted by molar-refractivity contribution is 0.0732. The molecular formula is C39H54O3. The van der Waals surface area contributed by atoms with Crippen LogP contribution in [-0.2, 0) is 27.1 Å². The monoisotopic (exact) mass is 570 g/mol. The summed E-state index contributed by atoms with van der Waals surface area (Å²) in [5, 5.41) is 10.5. The van der Waals surface area contributed by atoms with Gasteiger partial charge in [-0.15, -0.1) is 0 Å². The van der Waals surface area contributed by atoms with E-state index < -0.39 is 5.97 Å². The number of phenolic OH excluding ortho intramolecular Hbond substituents is 1. The number of esters is 1. The molecule has 0 heterocycles. The van der Waals surface area contributed by atoms with Crippen molar-refractivity contribution in [3.8, 4) is 22.6 Å². The highest BCUT2D eigenvalue weighted by Gasteiger charge is 2.38. The van der Waals surface area contributed by atoms with Crippen LogP contribution in [0.2, 0.25) is 0 Å². The highest BCUT2D eigenvalue weighted by Crippen LogP contribution is 2.51. The van der Waals surface area contributed by atoms with Gasteiger partial charge in [0.25, 0.3) is 0 Å². The zero-order valence-electron chi connectivity index (χ0n) is 28.9. The number of carbonyl (C=O) groups excluding carboxylic acids is 1. The van der Waals surface area contributed by atoms with E-state index in [-0.39, 0.29) is 38.4 Å². The fraction of sp³-hybridized carbons (Fsp3) is 0.513. The van der Waals surface area contributed by atoms with Crippen molar-refractivity contribution < 1.29 is 14.6 Å². The third-order valence-corrected chi connectivity index (χ3v) is 7.89. The predicted octanol–water partition coefficient (Wildman–Crippen LogP) is 10.8. The van der Waals surface area contributed by atoms with Crippen LogP contribution in [0, 0.1) is 0 Å². The molecule has 1 N–H and O–H groups in total. The third-order valence-electron chi connectivity index (χ3n) is 7.89. The molecule has 0 radical (unpaired) electrons. The van der Waals surface area contributed by atoms with E-state index in [1.807, 2.05) is 0 Å². The number of hydrogen-bond acceptors (Lipinski definition) is 3. The Labute approximate surface area is 255 Å². The molecule has 3 nitrogen and oxygen atoms in total. The Morgan fingerprint density at radius 2 is 1.12 bits per heavy atom. The number of aromatic hydroxyl groups is 1. The van der Waals surface area contributed by atoms with Crippen LogP contribution < -0.4 is 4.74 Å². The highest BCUT2D eigenvalue weighted by molar-refractivity contribution is 5.95. The molecule has 3 aromatic carbocycles. The van der Waals surface area contributed by atoms with E-state index in [2.05, 4.69) is 128 Å². The molecule has 0 saturated carbocycles. The number of rotatable bonds is 3. The second-order valence-corrected chi connectivity index (χ2v) is 17.0. The molecule has 0 saturated heterocycles. The average Bonchev–Trinajstić information content (AvgIpc) is 2.80. The number of benzene rings is 3. The first-order valence-electron chi connectivity index (χ1n) is 15.2. The fourth-order valence-electron chi connectivity index (χ4n) is 5.78. The van der Waals surface area contributed by atoms with E-state index in [4.69, 9.17) is 4.74 Å². The molecule has 3 aromatic rings. The van der Waals surface area contributed by atoms with Gasteiger partial charge in [-0.2, -0.15) is 0 Å². The van der Waals surface area contributed by atoms with Crippen molar-refractivity contribution in [2.75, 3.05) is 0 Å². The lowest BCUT2D eigenvalue weighted by atomic mass is 9.65. The Morgan fingerprint density at radius 1 is 0.595 bits per heavy atom. The third kappa shape index (κ3) is 6.93. The van der Waals surface area contributed by atoms with Crippen molar-refractivity contribution in [1.29, 1.82) is 0 Å². The van der Waals surface area contributed by atoms with E-state index in [1.54, 1.807) is 18.2 Å². The number of hydrogen-bond donors (Lipinski definition) is 1. The van der Waals surface area contributed by atoms with Gasteiger partial charge >= 0.3 is 5.97 Å². The summed E-state index contributed by atoms with van der Waals surface area (Å²) in [4.78, 5) is 13.7. The van der Waals surface area contributed by atoms with E-state index in [0.717, 1.165) is 16.7 Å². The van der Waals surface area contributed by atoms with Gasteiger partial charge in [0.15, 0.2) is 0 Å². The Bertz CT molecular complexity index is 1470. The fourth-order valence-corrected chi connectivity index (χ4v) is 5.78. The molecule has 228 valence electrons. The summed E-state index contributed by atoms with van der Waals surface area (Å²) in [5.41, 5.74) is 7.46. The Morgan fingerprint density at radius 3 is 1.57 bits per heavy atom. The van der Waals surface area contributed by atoms with Crippen LogP contribution in [0.5, 0.6) is 11.5 Å². The molecule has 0 bridgehead atoms. The Hall–Kier alpha value is -3.07. The smallest absolute Gasteiger partial charge is 0.347 e. The maximum atomic E-state index is 13.7. The number of phenols is 1. The second kappa shape index (κ2) is 10.9. The lowest BCUT2D eigenvalue weighted by Gasteiger charge is -2.39. The van der Waals surface area contributed by atoms with Crippen molar-refractivity contribution in [1.82, 2.24) is 0 Å². The van der Waals surface area contributed by atoms with Crippen molar-refractivity contribution in [2.45, 2.75) is 131 Å². The highest BCUT2D eigenvalue weighted by atomic mass is 16.5. The van der Waals surface area contributed by atoms with Crippen molar-refractivity contribution in [3.63, 3.8) is 0 Å². The summed E-state index contributed by atoms with van der Waals surface area (Å²) >= 11 is 0. The van der Waals surface area contributed by atoms with E-state index in [1.165, 1.54) is 28.3 Å². The molecule has 0 aromatic heterocycles. The molecule has 0 aliphatic carbocycles. The molecule has 3 rings (SSSR count). The molecule has 3 heteroatoms. The van der Waals surface area contributed by atoms with Crippen LogP contribution >= 0.6 is 0 Å². The zero-order chi connectivity index (χ0) is 32.2. The molecule has 0 spiro atoms. The van der Waals surface area contributed by atoms with E-state index in [9.17, 15) is 9.90 Å². The van der Waals surface area contributed by atoms with Crippen LogP contribution in [0.1, 0.15) is 142 Å². The first-order chi connectivity index (χ1) is 18.8. The summed E-state index contributed by atoms with van der Waals surface area (Å²) in [6, 6.07) is 15.4. The van der Waals surface area contributed by atoms with Gasteiger partial charge in [-0.05, 0) is 78.7 Å². The van der Waals surface area contributed by atoms with Crippen LogP contribution in [0.4, 0.5) is 0 Å². The van der Waals surface area contributed by atoms with Crippen molar-refractivity contribution in [2.24, 2.45) is 0 Å². The topological polar surface area (TPSA) is 46.5 Å². The number of ether oxygens (including phenoxy) is 1. The van der Waals surface area contributed by atoms with Crippen LogP contribution in [0.3, 0.4) is 0 Å². The number of para-hydroxylation sites is 1. The summed E-state index contributed by atoms with van der Waals surface area (Å²) in [5.74, 6) is -0.131. The molecule has 0 amide bonds. The molecule has 0 atom stereocenters. The molecule has 0 aliphatic rings. The normalized spacial score (nSPS) is 13.3. The zero-order valence-corrected chi connectivity index (χ0v) is 28.9. The predicted molar refractivity (Wildman–Crippen MR) is 178 cm³/mol. The van der Waals surface area contributed by atoms with Gasteiger partial charge in [0.1, 0.15) is 17.1 Å². The molecule has 0 aliphatic heterocycles. The van der Waals surface area contributed by atoms with Gasteiger partial charge in [0.2, 0.25) is 0 Å². The van der Waals surface area contributed by atoms with Gasteiger partial charge in [-0.25, -0.2) is 4.79 Å². The minimum absolute atomic E-state index is 0.0157. The standard InChI is InChI=1S/C39H54O3/c1-35(2,3)24-20-21-25(27(22-24)36(4,5)6)31-30(42-34(41)26-18-16-17-19-29(26)40)23-28(37(7,8)9)32(38(10,11)12)33(31)39(13,14)15/h16-23,40H,1-15H3. The SMILES string of the molecule is CC(C)(C)c1ccc(-c2c(OC(=O)c3ccccc3O)cc(C(C)(C)C)c(C(C)(C)C)c2C(C)(C)C)c(C(C)(C)C)c1. The van der Waals surface area contributed by atoms with Gasteiger partial charge in [-0.1, -0.05) is 134 Å². The summed E-state index contributed by atoms with van der Waals surface area (Å²) in [7, 11) is 0. The molecule has 0 unspecified atom stereocenters. The van der Waals surface area contributed by atoms with Gasteiger partial charge in [-0.3, -0.25) is 0 Å². The summed E-state index contributed by atoms with van der Waals surface area (Å²) < 4.78 is 6.37. The van der Waals surface area contributed by atoms with E-state index >= 15 is 0 Å². The van der Waals surface area contributed by atoms with Crippen molar-refractivity contribution in [3.05, 3.63) is 81.9 Å². The largest absolute Gasteiger partial charge is 0.507 e. The Kier molecular flexibility index (Phi) is 8.67. The number of carbonyl (C=O) groups is 1. The Balaban J connectivity index is 2.63. The molecule has 42 heavy (non-hydrogen) atoms. The quantitative estimate of drug-likeness (QED) is 0.252. The molecular weight excluding hydrogens is 516 g/mol. The van der Waals surface area contributed by atoms with E-state index in [0.29, 0.717) is 5.75 Å². The minimum Gasteiger partial charge on any atom is -0.507 e. The maximum Gasteiger partial charge on any atom is 0.347 e. The van der Waals surface area contributed by atoms with Gasteiger partial charge in [0, 0.05) is 5.56 Å². The lowest BCUT2D eigenvalue weighted by Crippen LogP contribution is -2.30. The average molecular weight is 571 g/mol. The first-order valence-corrected chi connectivity index (χ1v) is 15.2. The van der Waals surface area contributed by atoms with Gasteiger partial charge in [0.05, 0.1) is 0 Å². The summed E-state index contributed by atoms with van der Waals surface area (Å²) in [6.07, 6.45) is 0. The second-order valence-electron chi connectivity index (χ2n) is 17.0. The first kappa shape index (κ1) is 33.4. The van der Waals surface area contributed by atoms with Crippen LogP contribution in [-0.4, -0.2) is 11.1 Å². The maximum absolute atomic E-state index is 13.7. The van der Waals surface area contributed by atoms with Crippen LogP contribution in [0.25, 0.3) is 11.1 Å². The minimum atomic E-state index is -0.568. The van der Waals surface area contributed by atoms with Crippen LogP contribution in [0.15, 0.2) is 48.5 Å². The van der Waals surface area contributed by atoms with Crippen molar-refractivity contribution >= 4 is 5.97 Å². The summed E-state index contributed by atoms with van der Waals surface area (Å²) in [6.45, 7) is 33.7. The molecule has 0 fully saturated rings.